The third-order valence-electron chi connectivity index (χ3n) is 2.55. The second kappa shape index (κ2) is 6.90. The van der Waals surface area contributed by atoms with Crippen LogP contribution in [0.1, 0.15) is 24.2 Å². The number of hydrogen-bond donors (Lipinski definition) is 2. The maximum Gasteiger partial charge on any atom is 0.338 e. The van der Waals surface area contributed by atoms with E-state index >= 15 is 0 Å². The van der Waals surface area contributed by atoms with E-state index in [0.717, 1.165) is 6.92 Å². The Balaban J connectivity index is 3.02. The fourth-order valence-corrected chi connectivity index (χ4v) is 2.85. The molecule has 0 bridgehead atoms. The van der Waals surface area contributed by atoms with Crippen LogP contribution in [0.3, 0.4) is 0 Å². The van der Waals surface area contributed by atoms with Crippen molar-refractivity contribution in [2.24, 2.45) is 0 Å². The number of carbonyl (C=O) groups excluding carboxylic acids is 1. The highest BCUT2D eigenvalue weighted by atomic mass is 79.9. The Morgan fingerprint density at radius 2 is 2.05 bits per heavy atom. The molecule has 1 atom stereocenters. The van der Waals surface area contributed by atoms with Gasteiger partial charge in [0.05, 0.1) is 17.9 Å². The Hall–Kier alpha value is -1.61. The van der Waals surface area contributed by atoms with Crippen LogP contribution in [0.15, 0.2) is 22.7 Å². The molecular weight excluding hydrogens is 366 g/mol. The van der Waals surface area contributed by atoms with Crippen molar-refractivity contribution in [3.63, 3.8) is 0 Å². The molecule has 21 heavy (non-hydrogen) atoms. The van der Waals surface area contributed by atoms with E-state index in [2.05, 4.69) is 20.7 Å². The number of ether oxygens (including phenoxy) is 1. The third kappa shape index (κ3) is 4.43. The smallest absolute Gasteiger partial charge is 0.338 e. The largest absolute Gasteiger partial charge is 0.480 e. The minimum absolute atomic E-state index is 0.135. The molecule has 0 fully saturated rings. The van der Waals surface area contributed by atoms with Gasteiger partial charge >= 0.3 is 11.9 Å². The summed E-state index contributed by atoms with van der Waals surface area (Å²) >= 11 is 3.12. The second-order valence-electron chi connectivity index (χ2n) is 4.04. The number of nitrogens with one attached hydrogen (secondary N) is 1. The molecule has 9 heteroatoms. The van der Waals surface area contributed by atoms with Gasteiger partial charge in [0.2, 0.25) is 10.0 Å². The number of sulfonamides is 1. The van der Waals surface area contributed by atoms with Crippen LogP contribution in [-0.4, -0.2) is 37.3 Å². The van der Waals surface area contributed by atoms with Gasteiger partial charge in [-0.15, -0.1) is 0 Å². The van der Waals surface area contributed by atoms with Crippen molar-refractivity contribution < 1.29 is 27.9 Å². The molecule has 2 N–H and O–H groups in total. The normalized spacial score (nSPS) is 12.5. The topological polar surface area (TPSA) is 110 Å². The molecule has 0 aliphatic carbocycles. The Labute approximate surface area is 130 Å². The summed E-state index contributed by atoms with van der Waals surface area (Å²) in [5, 5.41) is 7.15. The van der Waals surface area contributed by atoms with E-state index in [0.29, 0.717) is 4.47 Å². The van der Waals surface area contributed by atoms with E-state index in [-0.39, 0.29) is 17.9 Å². The van der Waals surface area contributed by atoms with Crippen molar-refractivity contribution >= 4 is 43.6 Å². The molecule has 1 aromatic rings. The summed E-state index contributed by atoms with van der Waals surface area (Å²) in [5.74, 6) is -1.99. The first kappa shape index (κ1) is 17.4. The number of aliphatic carboxylic acids is 1. The molecule has 1 aromatic carbocycles. The molecule has 7 nitrogen and oxygen atoms in total. The van der Waals surface area contributed by atoms with E-state index in [4.69, 9.17) is 9.84 Å². The summed E-state index contributed by atoms with van der Waals surface area (Å²) in [6.07, 6.45) is 0. The zero-order valence-electron chi connectivity index (χ0n) is 11.3. The summed E-state index contributed by atoms with van der Waals surface area (Å²) in [4.78, 5) is 22.3. The molecule has 0 aliphatic heterocycles. The Kier molecular flexibility index (Phi) is 5.73. The van der Waals surface area contributed by atoms with Crippen molar-refractivity contribution in [2.75, 3.05) is 11.3 Å². The summed E-state index contributed by atoms with van der Waals surface area (Å²) in [6, 6.07) is 4.12. The SMILES string of the molecule is CCOC(=O)c1ccc(NS(=O)(=O)C(C)C(=O)O)c(Br)c1. The van der Waals surface area contributed by atoms with Crippen molar-refractivity contribution in [1.29, 1.82) is 0 Å². The molecule has 0 spiro atoms. The fourth-order valence-electron chi connectivity index (χ4n) is 1.31. The lowest BCUT2D eigenvalue weighted by Crippen LogP contribution is -2.32. The van der Waals surface area contributed by atoms with Crippen LogP contribution >= 0.6 is 15.9 Å². The lowest BCUT2D eigenvalue weighted by molar-refractivity contribution is -0.136. The number of carboxylic acids is 1. The highest BCUT2D eigenvalue weighted by Gasteiger charge is 2.28. The molecule has 116 valence electrons. The molecule has 1 rings (SSSR count). The first-order valence-corrected chi connectivity index (χ1v) is 8.24. The number of rotatable bonds is 6. The van der Waals surface area contributed by atoms with Crippen molar-refractivity contribution in [1.82, 2.24) is 0 Å². The molecule has 0 saturated carbocycles. The van der Waals surface area contributed by atoms with E-state index < -0.39 is 27.2 Å². The monoisotopic (exact) mass is 379 g/mol. The first-order chi connectivity index (χ1) is 9.69. The van der Waals surface area contributed by atoms with E-state index in [9.17, 15) is 18.0 Å². The van der Waals surface area contributed by atoms with Crippen LogP contribution in [0.5, 0.6) is 0 Å². The van der Waals surface area contributed by atoms with Crippen molar-refractivity contribution in [3.8, 4) is 0 Å². The number of benzene rings is 1. The number of carbonyl (C=O) groups is 2. The maximum atomic E-state index is 11.8. The summed E-state index contributed by atoms with van der Waals surface area (Å²) in [6.45, 7) is 2.95. The molecule has 0 aromatic heterocycles. The average Bonchev–Trinajstić information content (AvgIpc) is 2.40. The van der Waals surface area contributed by atoms with Crippen LogP contribution in [0.4, 0.5) is 5.69 Å². The predicted octanol–water partition coefficient (Wildman–Crippen LogP) is 1.84. The maximum absolute atomic E-state index is 11.8. The average molecular weight is 380 g/mol. The van der Waals surface area contributed by atoms with Gasteiger partial charge in [0.1, 0.15) is 0 Å². The Morgan fingerprint density at radius 1 is 1.43 bits per heavy atom. The van der Waals surface area contributed by atoms with Gasteiger partial charge in [0, 0.05) is 4.47 Å². The molecular formula is C12H14BrNO6S. The summed E-state index contributed by atoms with van der Waals surface area (Å²) in [5.41, 5.74) is 0.383. The van der Waals surface area contributed by atoms with E-state index in [1.165, 1.54) is 18.2 Å². The lowest BCUT2D eigenvalue weighted by Gasteiger charge is -2.13. The van der Waals surface area contributed by atoms with Crippen molar-refractivity contribution in [2.45, 2.75) is 19.1 Å². The van der Waals surface area contributed by atoms with Gasteiger partial charge in [0.25, 0.3) is 0 Å². The Bertz CT molecular complexity index is 658. The minimum Gasteiger partial charge on any atom is -0.480 e. The molecule has 0 radical (unpaired) electrons. The molecule has 1 unspecified atom stereocenters. The van der Waals surface area contributed by atoms with E-state index in [1.807, 2.05) is 0 Å². The summed E-state index contributed by atoms with van der Waals surface area (Å²) < 4.78 is 30.9. The zero-order valence-corrected chi connectivity index (χ0v) is 13.7. The standard InChI is InChI=1S/C12H14BrNO6S/c1-3-20-12(17)8-4-5-10(9(13)6-8)14-21(18,19)7(2)11(15)16/h4-7,14H,3H2,1-2H3,(H,15,16). The van der Waals surface area contributed by atoms with Crippen molar-refractivity contribution in [3.05, 3.63) is 28.2 Å². The van der Waals surface area contributed by atoms with Crippen LogP contribution in [0, 0.1) is 0 Å². The minimum atomic E-state index is -4.07. The van der Waals surface area contributed by atoms with Crippen LogP contribution in [0.25, 0.3) is 0 Å². The molecule has 0 heterocycles. The quantitative estimate of drug-likeness (QED) is 0.729. The Morgan fingerprint density at radius 3 is 2.52 bits per heavy atom. The van der Waals surface area contributed by atoms with Crippen LogP contribution in [-0.2, 0) is 19.6 Å². The highest BCUT2D eigenvalue weighted by Crippen LogP contribution is 2.25. The van der Waals surface area contributed by atoms with Gasteiger partial charge in [0.15, 0.2) is 5.25 Å². The van der Waals surface area contributed by atoms with Gasteiger partial charge in [-0.2, -0.15) is 0 Å². The number of halogens is 1. The van der Waals surface area contributed by atoms with Gasteiger partial charge in [-0.25, -0.2) is 13.2 Å². The van der Waals surface area contributed by atoms with Crippen LogP contribution in [0.2, 0.25) is 0 Å². The fraction of sp³-hybridized carbons (Fsp3) is 0.333. The molecule has 0 saturated heterocycles. The predicted molar refractivity (Wildman–Crippen MR) is 79.7 cm³/mol. The molecule has 0 aliphatic rings. The number of hydrogen-bond acceptors (Lipinski definition) is 5. The van der Waals surface area contributed by atoms with Gasteiger partial charge in [-0.05, 0) is 48.0 Å². The number of anilines is 1. The van der Waals surface area contributed by atoms with Gasteiger partial charge < -0.3 is 9.84 Å². The summed E-state index contributed by atoms with van der Waals surface area (Å²) in [7, 11) is -4.07. The van der Waals surface area contributed by atoms with Crippen LogP contribution < -0.4 is 4.72 Å². The zero-order chi connectivity index (χ0) is 16.2. The highest BCUT2D eigenvalue weighted by molar-refractivity contribution is 9.10. The second-order valence-corrected chi connectivity index (χ2v) is 6.90. The van der Waals surface area contributed by atoms with Gasteiger partial charge in [-0.3, -0.25) is 9.52 Å². The lowest BCUT2D eigenvalue weighted by atomic mass is 10.2. The van der Waals surface area contributed by atoms with Gasteiger partial charge in [-0.1, -0.05) is 0 Å². The number of esters is 1. The number of carboxylic acid groups (broad SMARTS) is 1. The van der Waals surface area contributed by atoms with E-state index in [1.54, 1.807) is 6.92 Å². The first-order valence-electron chi connectivity index (χ1n) is 5.90. The molecule has 0 amide bonds. The third-order valence-corrected chi connectivity index (χ3v) is 4.84.